The van der Waals surface area contributed by atoms with Crippen molar-refractivity contribution in [2.75, 3.05) is 18.2 Å². The Bertz CT molecular complexity index is 746. The Morgan fingerprint density at radius 1 is 1.00 bits per heavy atom. The lowest BCUT2D eigenvalue weighted by atomic mass is 9.92. The number of thioether (sulfide) groups is 1. The van der Waals surface area contributed by atoms with E-state index in [0.717, 1.165) is 16.3 Å². The summed E-state index contributed by atoms with van der Waals surface area (Å²) in [6, 6.07) is 14.7. The van der Waals surface area contributed by atoms with E-state index in [9.17, 15) is 9.59 Å². The van der Waals surface area contributed by atoms with Gasteiger partial charge in [0, 0.05) is 22.6 Å². The van der Waals surface area contributed by atoms with Crippen molar-refractivity contribution in [3.05, 3.63) is 54.1 Å². The van der Waals surface area contributed by atoms with Gasteiger partial charge in [-0.25, -0.2) is 0 Å². The lowest BCUT2D eigenvalue weighted by Gasteiger charge is -2.17. The normalized spacial score (nSPS) is 11.1. The highest BCUT2D eigenvalue weighted by Gasteiger charge is 2.15. The van der Waals surface area contributed by atoms with Gasteiger partial charge in [-0.2, -0.15) is 0 Å². The molecule has 2 rings (SSSR count). The number of Topliss-reactive ketones (excluding diaryl/α,β-unsaturated/α-hetero) is 1. The Morgan fingerprint density at radius 2 is 1.62 bits per heavy atom. The third-order valence-electron chi connectivity index (χ3n) is 3.61. The third-order valence-corrected chi connectivity index (χ3v) is 4.62. The first-order valence-electron chi connectivity index (χ1n) is 8.47. The second kappa shape index (κ2) is 8.90. The highest BCUT2D eigenvalue weighted by Crippen LogP contribution is 2.23. The molecule has 26 heavy (non-hydrogen) atoms. The van der Waals surface area contributed by atoms with Crippen LogP contribution in [0.15, 0.2) is 53.4 Å². The van der Waals surface area contributed by atoms with Crippen LogP contribution in [0.25, 0.3) is 0 Å². The molecule has 2 aromatic carbocycles. The van der Waals surface area contributed by atoms with Gasteiger partial charge in [0.1, 0.15) is 5.75 Å². The van der Waals surface area contributed by atoms with E-state index < -0.39 is 0 Å². The minimum absolute atomic E-state index is 0.00702. The number of rotatable bonds is 7. The molecular formula is C21H25NO3S. The molecule has 0 aliphatic heterocycles. The zero-order valence-corrected chi connectivity index (χ0v) is 16.5. The molecule has 1 N–H and O–H groups in total. The Kier molecular flexibility index (Phi) is 6.86. The molecule has 0 aliphatic rings. The molecule has 0 saturated carbocycles. The van der Waals surface area contributed by atoms with Gasteiger partial charge in [0.05, 0.1) is 12.9 Å². The minimum atomic E-state index is -0.0400. The number of carbonyl (C=O) groups excluding carboxylic acids is 2. The van der Waals surface area contributed by atoms with Gasteiger partial charge in [-0.05, 0) is 53.9 Å². The molecule has 0 unspecified atom stereocenters. The quantitative estimate of drug-likeness (QED) is 0.547. The Hall–Kier alpha value is -2.27. The zero-order valence-electron chi connectivity index (χ0n) is 15.7. The number of methoxy groups -OCH3 is 1. The summed E-state index contributed by atoms with van der Waals surface area (Å²) in [4.78, 5) is 25.2. The van der Waals surface area contributed by atoms with Crippen molar-refractivity contribution in [1.29, 1.82) is 0 Å². The van der Waals surface area contributed by atoms with Crippen LogP contribution in [0, 0.1) is 5.41 Å². The number of carbonyl (C=O) groups is 2. The zero-order chi connectivity index (χ0) is 19.2. The van der Waals surface area contributed by atoms with Crippen LogP contribution in [0.5, 0.6) is 5.75 Å². The predicted molar refractivity (Wildman–Crippen MR) is 107 cm³/mol. The first kappa shape index (κ1) is 20.0. The summed E-state index contributed by atoms with van der Waals surface area (Å²) >= 11 is 1.48. The summed E-state index contributed by atoms with van der Waals surface area (Å²) in [7, 11) is 1.60. The van der Waals surface area contributed by atoms with Crippen LogP contribution in [0.3, 0.4) is 0 Å². The van der Waals surface area contributed by atoms with Gasteiger partial charge in [-0.3, -0.25) is 9.59 Å². The molecule has 5 heteroatoms. The number of benzene rings is 2. The standard InChI is InChI=1S/C21H25NO3S/c1-21(2,3)13-20(24)22-16-7-11-18(12-8-16)26-14-19(23)15-5-9-17(25-4)10-6-15/h5-12H,13-14H2,1-4H3,(H,22,24). The maximum Gasteiger partial charge on any atom is 0.224 e. The van der Waals surface area contributed by atoms with Crippen LogP contribution in [0.1, 0.15) is 37.6 Å². The fraction of sp³-hybridized carbons (Fsp3) is 0.333. The smallest absolute Gasteiger partial charge is 0.224 e. The van der Waals surface area contributed by atoms with E-state index in [-0.39, 0.29) is 17.1 Å². The van der Waals surface area contributed by atoms with Crippen molar-refractivity contribution in [1.82, 2.24) is 0 Å². The molecule has 0 aromatic heterocycles. The van der Waals surface area contributed by atoms with Crippen molar-refractivity contribution in [2.24, 2.45) is 5.41 Å². The number of ketones is 1. The Balaban J connectivity index is 1.86. The van der Waals surface area contributed by atoms with E-state index in [1.165, 1.54) is 11.8 Å². The van der Waals surface area contributed by atoms with Crippen molar-refractivity contribution >= 4 is 29.1 Å². The van der Waals surface area contributed by atoms with E-state index in [2.05, 4.69) is 5.32 Å². The molecular weight excluding hydrogens is 346 g/mol. The van der Waals surface area contributed by atoms with Gasteiger partial charge in [0.2, 0.25) is 5.91 Å². The second-order valence-electron chi connectivity index (χ2n) is 7.25. The first-order chi connectivity index (χ1) is 12.3. The SMILES string of the molecule is COc1ccc(C(=O)CSc2ccc(NC(=O)CC(C)(C)C)cc2)cc1. The number of hydrogen-bond acceptors (Lipinski definition) is 4. The topological polar surface area (TPSA) is 55.4 Å². The number of nitrogens with one attached hydrogen (secondary N) is 1. The fourth-order valence-corrected chi connectivity index (χ4v) is 3.12. The second-order valence-corrected chi connectivity index (χ2v) is 8.30. The van der Waals surface area contributed by atoms with E-state index in [1.807, 2.05) is 45.0 Å². The fourth-order valence-electron chi connectivity index (χ4n) is 2.33. The molecule has 0 fully saturated rings. The molecule has 0 saturated heterocycles. The summed E-state index contributed by atoms with van der Waals surface area (Å²) in [5.74, 6) is 1.17. The number of amides is 1. The van der Waals surface area contributed by atoms with Crippen LogP contribution in [0.2, 0.25) is 0 Å². The number of anilines is 1. The Labute approximate surface area is 159 Å². The first-order valence-corrected chi connectivity index (χ1v) is 9.45. The molecule has 0 heterocycles. The van der Waals surface area contributed by atoms with E-state index in [1.54, 1.807) is 31.4 Å². The molecule has 4 nitrogen and oxygen atoms in total. The molecule has 0 bridgehead atoms. The average Bonchev–Trinajstić information content (AvgIpc) is 2.59. The monoisotopic (exact) mass is 371 g/mol. The van der Waals surface area contributed by atoms with Crippen molar-refractivity contribution in [3.63, 3.8) is 0 Å². The van der Waals surface area contributed by atoms with Gasteiger partial charge in [0.15, 0.2) is 5.78 Å². The third kappa shape index (κ3) is 6.56. The summed E-state index contributed by atoms with van der Waals surface area (Å²) in [5, 5.41) is 2.90. The summed E-state index contributed by atoms with van der Waals surface area (Å²) in [6.45, 7) is 6.10. The van der Waals surface area contributed by atoms with Crippen molar-refractivity contribution < 1.29 is 14.3 Å². The van der Waals surface area contributed by atoms with Gasteiger partial charge in [0.25, 0.3) is 0 Å². The highest BCUT2D eigenvalue weighted by molar-refractivity contribution is 8.00. The van der Waals surface area contributed by atoms with Gasteiger partial charge < -0.3 is 10.1 Å². The number of hydrogen-bond donors (Lipinski definition) is 1. The largest absolute Gasteiger partial charge is 0.497 e. The van der Waals surface area contributed by atoms with Crippen LogP contribution in [0.4, 0.5) is 5.69 Å². The van der Waals surface area contributed by atoms with Gasteiger partial charge in [-0.1, -0.05) is 20.8 Å². The molecule has 1 amide bonds. The predicted octanol–water partition coefficient (Wildman–Crippen LogP) is 5.04. The summed E-state index contributed by atoms with van der Waals surface area (Å²) in [5.41, 5.74) is 1.40. The minimum Gasteiger partial charge on any atom is -0.497 e. The van der Waals surface area contributed by atoms with E-state index >= 15 is 0 Å². The molecule has 0 radical (unpaired) electrons. The molecule has 0 atom stereocenters. The molecule has 138 valence electrons. The summed E-state index contributed by atoms with van der Waals surface area (Å²) < 4.78 is 5.10. The maximum absolute atomic E-state index is 12.2. The van der Waals surface area contributed by atoms with Crippen molar-refractivity contribution in [3.8, 4) is 5.75 Å². The summed E-state index contributed by atoms with van der Waals surface area (Å²) in [6.07, 6.45) is 0.472. The molecule has 2 aromatic rings. The van der Waals surface area contributed by atoms with Crippen LogP contribution in [-0.2, 0) is 4.79 Å². The Morgan fingerprint density at radius 3 is 2.15 bits per heavy atom. The van der Waals surface area contributed by atoms with Gasteiger partial charge >= 0.3 is 0 Å². The maximum atomic E-state index is 12.2. The molecule has 0 spiro atoms. The van der Waals surface area contributed by atoms with E-state index in [0.29, 0.717) is 17.7 Å². The van der Waals surface area contributed by atoms with Gasteiger partial charge in [-0.15, -0.1) is 11.8 Å². The van der Waals surface area contributed by atoms with Crippen LogP contribution in [-0.4, -0.2) is 24.6 Å². The van der Waals surface area contributed by atoms with Crippen LogP contribution >= 0.6 is 11.8 Å². The van der Waals surface area contributed by atoms with Crippen molar-refractivity contribution in [2.45, 2.75) is 32.1 Å². The highest BCUT2D eigenvalue weighted by atomic mass is 32.2. The van der Waals surface area contributed by atoms with E-state index in [4.69, 9.17) is 4.74 Å². The lowest BCUT2D eigenvalue weighted by Crippen LogP contribution is -2.19. The molecule has 0 aliphatic carbocycles. The average molecular weight is 372 g/mol. The van der Waals surface area contributed by atoms with Crippen LogP contribution < -0.4 is 10.1 Å². The lowest BCUT2D eigenvalue weighted by molar-refractivity contribution is -0.117. The number of ether oxygens (including phenoxy) is 1.